The quantitative estimate of drug-likeness (QED) is 0.588. The first-order valence-electron chi connectivity index (χ1n) is 6.13. The van der Waals surface area contributed by atoms with Crippen LogP contribution in [0.15, 0.2) is 48.5 Å². The van der Waals surface area contributed by atoms with Gasteiger partial charge in [-0.15, -0.1) is 0 Å². The fraction of sp³-hybridized carbons (Fsp3) is 0.133. The number of aromatic hydroxyl groups is 1. The number of hydrogen-bond donors (Lipinski definition) is 3. The van der Waals surface area contributed by atoms with E-state index in [0.29, 0.717) is 5.11 Å². The van der Waals surface area contributed by atoms with Crippen molar-refractivity contribution in [3.63, 3.8) is 0 Å². The van der Waals surface area contributed by atoms with Gasteiger partial charge in [-0.2, -0.15) is 0 Å². The summed E-state index contributed by atoms with van der Waals surface area (Å²) in [6.45, 7) is 2.12. The minimum absolute atomic E-state index is 0.236. The number of phenolic OH excluding ortho intramolecular Hbond substituents is 1. The molecule has 0 amide bonds. The van der Waals surface area contributed by atoms with Gasteiger partial charge in [0, 0.05) is 11.4 Å². The van der Waals surface area contributed by atoms with Gasteiger partial charge in [0.05, 0.1) is 0 Å². The van der Waals surface area contributed by atoms with Crippen LogP contribution in [0.4, 0.5) is 11.4 Å². The number of phenols is 1. The average Bonchev–Trinajstić information content (AvgIpc) is 2.41. The van der Waals surface area contributed by atoms with Crippen molar-refractivity contribution in [2.24, 2.45) is 0 Å². The van der Waals surface area contributed by atoms with Gasteiger partial charge in [0.25, 0.3) is 0 Å². The maximum atomic E-state index is 9.21. The Balaban J connectivity index is 1.99. The lowest BCUT2D eigenvalue weighted by Crippen LogP contribution is -2.19. The van der Waals surface area contributed by atoms with E-state index in [2.05, 4.69) is 29.7 Å². The van der Waals surface area contributed by atoms with Gasteiger partial charge < -0.3 is 15.7 Å². The van der Waals surface area contributed by atoms with Gasteiger partial charge in [0.15, 0.2) is 5.11 Å². The second-order valence-electron chi connectivity index (χ2n) is 4.18. The topological polar surface area (TPSA) is 44.3 Å². The van der Waals surface area contributed by atoms with Crippen LogP contribution < -0.4 is 10.6 Å². The highest BCUT2D eigenvalue weighted by molar-refractivity contribution is 7.80. The summed E-state index contributed by atoms with van der Waals surface area (Å²) in [5, 5.41) is 15.9. The van der Waals surface area contributed by atoms with Crippen molar-refractivity contribution in [1.29, 1.82) is 0 Å². The molecule has 0 aliphatic heterocycles. The van der Waals surface area contributed by atoms with Crippen LogP contribution in [0.2, 0.25) is 0 Å². The number of anilines is 2. The molecule has 0 atom stereocenters. The van der Waals surface area contributed by atoms with Crippen LogP contribution in [0.1, 0.15) is 12.5 Å². The van der Waals surface area contributed by atoms with Crippen molar-refractivity contribution in [3.8, 4) is 5.75 Å². The lowest BCUT2D eigenvalue weighted by Gasteiger charge is -2.11. The number of nitrogens with one attached hydrogen (secondary N) is 2. The van der Waals surface area contributed by atoms with E-state index in [1.165, 1.54) is 5.56 Å². The molecule has 2 aromatic rings. The van der Waals surface area contributed by atoms with E-state index in [9.17, 15) is 5.11 Å². The monoisotopic (exact) mass is 272 g/mol. The second-order valence-corrected chi connectivity index (χ2v) is 4.59. The molecular weight excluding hydrogens is 256 g/mol. The summed E-state index contributed by atoms with van der Waals surface area (Å²) in [6.07, 6.45) is 0.994. The molecular formula is C15H16N2OS. The normalized spacial score (nSPS) is 9.95. The summed E-state index contributed by atoms with van der Waals surface area (Å²) in [5.74, 6) is 0.236. The second kappa shape index (κ2) is 6.20. The van der Waals surface area contributed by atoms with Gasteiger partial charge in [-0.05, 0) is 60.6 Å². The smallest absolute Gasteiger partial charge is 0.175 e. The lowest BCUT2D eigenvalue weighted by atomic mass is 10.1. The zero-order valence-electron chi connectivity index (χ0n) is 10.7. The Kier molecular flexibility index (Phi) is 4.36. The van der Waals surface area contributed by atoms with E-state index < -0.39 is 0 Å². The SMILES string of the molecule is CCc1cccc(NC(=S)Nc2ccc(O)cc2)c1. The van der Waals surface area contributed by atoms with Crippen LogP contribution in [-0.4, -0.2) is 10.2 Å². The Morgan fingerprint density at radius 2 is 1.74 bits per heavy atom. The van der Waals surface area contributed by atoms with Crippen molar-refractivity contribution in [2.45, 2.75) is 13.3 Å². The third kappa shape index (κ3) is 3.96. The van der Waals surface area contributed by atoms with Crippen LogP contribution in [0.25, 0.3) is 0 Å². The molecule has 2 rings (SSSR count). The zero-order valence-corrected chi connectivity index (χ0v) is 11.5. The molecule has 0 fully saturated rings. The highest BCUT2D eigenvalue weighted by Crippen LogP contribution is 2.15. The standard InChI is InChI=1S/C15H16N2OS/c1-2-11-4-3-5-13(10-11)17-15(19)16-12-6-8-14(18)9-7-12/h3-10,18H,2H2,1H3,(H2,16,17,19). The Bertz CT molecular complexity index is 567. The molecule has 2 aromatic carbocycles. The van der Waals surface area contributed by atoms with E-state index in [-0.39, 0.29) is 5.75 Å². The number of benzene rings is 2. The third-order valence-corrected chi connectivity index (χ3v) is 2.92. The first-order valence-corrected chi connectivity index (χ1v) is 6.54. The molecule has 0 heterocycles. The van der Waals surface area contributed by atoms with Crippen LogP contribution in [0.3, 0.4) is 0 Å². The number of rotatable bonds is 3. The van der Waals surface area contributed by atoms with Gasteiger partial charge in [-0.25, -0.2) is 0 Å². The van der Waals surface area contributed by atoms with Crippen molar-refractivity contribution in [3.05, 3.63) is 54.1 Å². The van der Waals surface area contributed by atoms with Gasteiger partial charge in [-0.3, -0.25) is 0 Å². The first kappa shape index (κ1) is 13.4. The van der Waals surface area contributed by atoms with E-state index >= 15 is 0 Å². The molecule has 0 unspecified atom stereocenters. The van der Waals surface area contributed by atoms with Gasteiger partial charge in [0.2, 0.25) is 0 Å². The summed E-state index contributed by atoms with van der Waals surface area (Å²) in [5.41, 5.74) is 3.06. The molecule has 3 N–H and O–H groups in total. The van der Waals surface area contributed by atoms with Crippen molar-refractivity contribution in [1.82, 2.24) is 0 Å². The molecule has 0 aromatic heterocycles. The van der Waals surface area contributed by atoms with E-state index in [4.69, 9.17) is 12.2 Å². The van der Waals surface area contributed by atoms with Crippen molar-refractivity contribution >= 4 is 28.7 Å². The fourth-order valence-electron chi connectivity index (χ4n) is 1.71. The maximum Gasteiger partial charge on any atom is 0.175 e. The van der Waals surface area contributed by atoms with E-state index in [0.717, 1.165) is 17.8 Å². The number of thiocarbonyl (C=S) groups is 1. The maximum absolute atomic E-state index is 9.21. The molecule has 0 saturated heterocycles. The summed E-state index contributed by atoms with van der Waals surface area (Å²) >= 11 is 5.25. The molecule has 0 saturated carbocycles. The molecule has 0 aliphatic rings. The Morgan fingerprint density at radius 3 is 2.42 bits per heavy atom. The summed E-state index contributed by atoms with van der Waals surface area (Å²) in [6, 6.07) is 14.9. The highest BCUT2D eigenvalue weighted by Gasteiger charge is 2.00. The predicted molar refractivity (Wildman–Crippen MR) is 83.8 cm³/mol. The summed E-state index contributed by atoms with van der Waals surface area (Å²) < 4.78 is 0. The van der Waals surface area contributed by atoms with E-state index in [1.54, 1.807) is 24.3 Å². The molecule has 4 heteroatoms. The van der Waals surface area contributed by atoms with Gasteiger partial charge >= 0.3 is 0 Å². The average molecular weight is 272 g/mol. The molecule has 0 aliphatic carbocycles. The zero-order chi connectivity index (χ0) is 13.7. The minimum Gasteiger partial charge on any atom is -0.508 e. The molecule has 3 nitrogen and oxygen atoms in total. The van der Waals surface area contributed by atoms with Crippen molar-refractivity contribution in [2.75, 3.05) is 10.6 Å². The summed E-state index contributed by atoms with van der Waals surface area (Å²) in [4.78, 5) is 0. The summed E-state index contributed by atoms with van der Waals surface area (Å²) in [7, 11) is 0. The van der Waals surface area contributed by atoms with Crippen LogP contribution >= 0.6 is 12.2 Å². The third-order valence-electron chi connectivity index (χ3n) is 2.72. The molecule has 0 bridgehead atoms. The predicted octanol–water partition coefficient (Wildman–Crippen LogP) is 3.76. The first-order chi connectivity index (χ1) is 9.17. The molecule has 0 spiro atoms. The van der Waals surface area contributed by atoms with E-state index in [1.807, 2.05) is 12.1 Å². The lowest BCUT2D eigenvalue weighted by molar-refractivity contribution is 0.475. The molecule has 19 heavy (non-hydrogen) atoms. The van der Waals surface area contributed by atoms with Crippen LogP contribution in [0.5, 0.6) is 5.75 Å². The minimum atomic E-state index is 0.236. The number of hydrogen-bond acceptors (Lipinski definition) is 2. The number of aryl methyl sites for hydroxylation is 1. The largest absolute Gasteiger partial charge is 0.508 e. The highest BCUT2D eigenvalue weighted by atomic mass is 32.1. The van der Waals surface area contributed by atoms with Gasteiger partial charge in [-0.1, -0.05) is 19.1 Å². The van der Waals surface area contributed by atoms with Crippen LogP contribution in [-0.2, 0) is 6.42 Å². The fourth-order valence-corrected chi connectivity index (χ4v) is 1.94. The van der Waals surface area contributed by atoms with Crippen LogP contribution in [0, 0.1) is 0 Å². The molecule has 98 valence electrons. The van der Waals surface area contributed by atoms with Crippen molar-refractivity contribution < 1.29 is 5.11 Å². The van der Waals surface area contributed by atoms with Gasteiger partial charge in [0.1, 0.15) is 5.75 Å². The molecule has 0 radical (unpaired) electrons. The Labute approximate surface area is 118 Å². The Hall–Kier alpha value is -2.07. The Morgan fingerprint density at radius 1 is 1.05 bits per heavy atom.